The van der Waals surface area contributed by atoms with E-state index >= 15 is 0 Å². The van der Waals surface area contributed by atoms with Gasteiger partial charge in [-0.1, -0.05) is 39.8 Å². The van der Waals surface area contributed by atoms with Gasteiger partial charge < -0.3 is 10.2 Å². The predicted molar refractivity (Wildman–Crippen MR) is 88.6 cm³/mol. The third-order valence-corrected chi connectivity index (χ3v) is 4.20. The maximum absolute atomic E-state index is 3.60. The lowest BCUT2D eigenvalue weighted by atomic mass is 10.0. The van der Waals surface area contributed by atoms with Crippen molar-refractivity contribution in [3.63, 3.8) is 0 Å². The van der Waals surface area contributed by atoms with Crippen molar-refractivity contribution >= 4 is 5.69 Å². The van der Waals surface area contributed by atoms with E-state index in [1.165, 1.54) is 37.3 Å². The molecular formula is C18H30N2. The Morgan fingerprint density at radius 3 is 2.45 bits per heavy atom. The van der Waals surface area contributed by atoms with Gasteiger partial charge in [0.15, 0.2) is 0 Å². The Kier molecular flexibility index (Phi) is 5.47. The van der Waals surface area contributed by atoms with Crippen LogP contribution in [0.25, 0.3) is 0 Å². The molecule has 0 radical (unpaired) electrons. The molecule has 0 aromatic heterocycles. The first-order chi connectivity index (χ1) is 9.56. The highest BCUT2D eigenvalue weighted by molar-refractivity contribution is 5.48. The molecule has 1 heterocycles. The molecule has 0 amide bonds. The summed E-state index contributed by atoms with van der Waals surface area (Å²) in [7, 11) is 0. The van der Waals surface area contributed by atoms with Crippen molar-refractivity contribution in [1.82, 2.24) is 5.32 Å². The van der Waals surface area contributed by atoms with Crippen molar-refractivity contribution in [3.8, 4) is 0 Å². The zero-order chi connectivity index (χ0) is 14.5. The first-order valence-corrected chi connectivity index (χ1v) is 8.12. The SMILES string of the molecule is CC(C)CNCC1CCN(c2ccc(C(C)C)cc2)C1. The quantitative estimate of drug-likeness (QED) is 0.847. The Hall–Kier alpha value is -1.02. The second-order valence-electron chi connectivity index (χ2n) is 6.90. The monoisotopic (exact) mass is 274 g/mol. The molecule has 1 aromatic rings. The Balaban J connectivity index is 1.83. The first-order valence-electron chi connectivity index (χ1n) is 8.12. The highest BCUT2D eigenvalue weighted by atomic mass is 15.2. The van der Waals surface area contributed by atoms with E-state index in [-0.39, 0.29) is 0 Å². The van der Waals surface area contributed by atoms with Crippen LogP contribution in [-0.2, 0) is 0 Å². The molecule has 20 heavy (non-hydrogen) atoms. The summed E-state index contributed by atoms with van der Waals surface area (Å²) >= 11 is 0. The molecule has 2 heteroatoms. The molecule has 0 saturated carbocycles. The summed E-state index contributed by atoms with van der Waals surface area (Å²) < 4.78 is 0. The van der Waals surface area contributed by atoms with E-state index in [4.69, 9.17) is 0 Å². The summed E-state index contributed by atoms with van der Waals surface area (Å²) in [5.74, 6) is 2.17. The smallest absolute Gasteiger partial charge is 0.0366 e. The largest absolute Gasteiger partial charge is 0.371 e. The molecule has 1 aromatic carbocycles. The fourth-order valence-corrected chi connectivity index (χ4v) is 2.88. The highest BCUT2D eigenvalue weighted by Crippen LogP contribution is 2.25. The van der Waals surface area contributed by atoms with Gasteiger partial charge in [-0.25, -0.2) is 0 Å². The fraction of sp³-hybridized carbons (Fsp3) is 0.667. The minimum Gasteiger partial charge on any atom is -0.371 e. The molecule has 2 nitrogen and oxygen atoms in total. The predicted octanol–water partition coefficient (Wildman–Crippen LogP) is 3.88. The summed E-state index contributed by atoms with van der Waals surface area (Å²) in [6, 6.07) is 9.15. The lowest BCUT2D eigenvalue weighted by Crippen LogP contribution is -2.28. The molecule has 1 saturated heterocycles. The number of rotatable bonds is 6. The molecule has 2 rings (SSSR count). The van der Waals surface area contributed by atoms with Gasteiger partial charge in [-0.15, -0.1) is 0 Å². The maximum atomic E-state index is 3.60. The standard InChI is InChI=1S/C18H30N2/c1-14(2)11-19-12-16-9-10-20(13-16)18-7-5-17(6-8-18)15(3)4/h5-8,14-16,19H,9-13H2,1-4H3. The maximum Gasteiger partial charge on any atom is 0.0366 e. The minimum absolute atomic E-state index is 0.621. The van der Waals surface area contributed by atoms with Crippen LogP contribution in [0.1, 0.15) is 45.6 Å². The van der Waals surface area contributed by atoms with E-state index < -0.39 is 0 Å². The lowest BCUT2D eigenvalue weighted by molar-refractivity contribution is 0.477. The normalized spacial score (nSPS) is 19.3. The Labute approximate surface area is 124 Å². The van der Waals surface area contributed by atoms with Crippen molar-refractivity contribution in [2.45, 2.75) is 40.0 Å². The van der Waals surface area contributed by atoms with Crippen LogP contribution in [0.4, 0.5) is 5.69 Å². The van der Waals surface area contributed by atoms with Crippen LogP contribution in [0, 0.1) is 11.8 Å². The second kappa shape index (κ2) is 7.12. The van der Waals surface area contributed by atoms with Gasteiger partial charge in [0.05, 0.1) is 0 Å². The minimum atomic E-state index is 0.621. The van der Waals surface area contributed by atoms with Gasteiger partial charge in [0, 0.05) is 18.8 Å². The fourth-order valence-electron chi connectivity index (χ4n) is 2.88. The molecular weight excluding hydrogens is 244 g/mol. The van der Waals surface area contributed by atoms with Gasteiger partial charge in [-0.3, -0.25) is 0 Å². The van der Waals surface area contributed by atoms with Crippen LogP contribution in [0.15, 0.2) is 24.3 Å². The molecule has 0 bridgehead atoms. The highest BCUT2D eigenvalue weighted by Gasteiger charge is 2.22. The number of hydrogen-bond acceptors (Lipinski definition) is 2. The Morgan fingerprint density at radius 1 is 1.15 bits per heavy atom. The van der Waals surface area contributed by atoms with Gasteiger partial charge in [0.25, 0.3) is 0 Å². The van der Waals surface area contributed by atoms with Crippen LogP contribution in [0.5, 0.6) is 0 Å². The molecule has 1 unspecified atom stereocenters. The molecule has 112 valence electrons. The number of anilines is 1. The summed E-state index contributed by atoms with van der Waals surface area (Å²) in [5.41, 5.74) is 2.82. The summed E-state index contributed by atoms with van der Waals surface area (Å²) in [6.45, 7) is 13.7. The van der Waals surface area contributed by atoms with Gasteiger partial charge in [-0.05, 0) is 55.0 Å². The lowest BCUT2D eigenvalue weighted by Gasteiger charge is -2.20. The van der Waals surface area contributed by atoms with Crippen molar-refractivity contribution in [2.24, 2.45) is 11.8 Å². The van der Waals surface area contributed by atoms with E-state index in [1.807, 2.05) is 0 Å². The van der Waals surface area contributed by atoms with Crippen molar-refractivity contribution in [2.75, 3.05) is 31.1 Å². The van der Waals surface area contributed by atoms with E-state index in [0.29, 0.717) is 5.92 Å². The molecule has 1 fully saturated rings. The van der Waals surface area contributed by atoms with E-state index in [1.54, 1.807) is 0 Å². The topological polar surface area (TPSA) is 15.3 Å². The van der Waals surface area contributed by atoms with Gasteiger partial charge in [-0.2, -0.15) is 0 Å². The van der Waals surface area contributed by atoms with E-state index in [9.17, 15) is 0 Å². The average molecular weight is 274 g/mol. The van der Waals surface area contributed by atoms with Crippen LogP contribution < -0.4 is 10.2 Å². The summed E-state index contributed by atoms with van der Waals surface area (Å²) in [5, 5.41) is 3.60. The number of nitrogens with one attached hydrogen (secondary N) is 1. The Bertz CT molecular complexity index is 394. The van der Waals surface area contributed by atoms with Gasteiger partial charge >= 0.3 is 0 Å². The Morgan fingerprint density at radius 2 is 1.85 bits per heavy atom. The molecule has 0 aliphatic carbocycles. The van der Waals surface area contributed by atoms with Crippen LogP contribution in [0.3, 0.4) is 0 Å². The van der Waals surface area contributed by atoms with Crippen LogP contribution >= 0.6 is 0 Å². The first kappa shape index (κ1) is 15.4. The van der Waals surface area contributed by atoms with Gasteiger partial charge in [0.1, 0.15) is 0 Å². The van der Waals surface area contributed by atoms with Crippen molar-refractivity contribution < 1.29 is 0 Å². The van der Waals surface area contributed by atoms with Crippen molar-refractivity contribution in [1.29, 1.82) is 0 Å². The second-order valence-corrected chi connectivity index (χ2v) is 6.90. The molecule has 1 atom stereocenters. The number of nitrogens with zero attached hydrogens (tertiary/aromatic N) is 1. The molecule has 1 aliphatic heterocycles. The molecule has 1 N–H and O–H groups in total. The zero-order valence-corrected chi connectivity index (χ0v) is 13.5. The third-order valence-electron chi connectivity index (χ3n) is 4.20. The zero-order valence-electron chi connectivity index (χ0n) is 13.5. The third kappa shape index (κ3) is 4.24. The average Bonchev–Trinajstić information content (AvgIpc) is 2.87. The van der Waals surface area contributed by atoms with Crippen LogP contribution in [-0.4, -0.2) is 26.2 Å². The number of hydrogen-bond donors (Lipinski definition) is 1. The molecule has 1 aliphatic rings. The van der Waals surface area contributed by atoms with Crippen LogP contribution in [0.2, 0.25) is 0 Å². The van der Waals surface area contributed by atoms with Gasteiger partial charge in [0.2, 0.25) is 0 Å². The van der Waals surface area contributed by atoms with E-state index in [2.05, 4.69) is 62.2 Å². The number of benzene rings is 1. The van der Waals surface area contributed by atoms with Crippen molar-refractivity contribution in [3.05, 3.63) is 29.8 Å². The van der Waals surface area contributed by atoms with E-state index in [0.717, 1.165) is 18.4 Å². The summed E-state index contributed by atoms with van der Waals surface area (Å²) in [4.78, 5) is 2.53. The molecule has 0 spiro atoms. The summed E-state index contributed by atoms with van der Waals surface area (Å²) in [6.07, 6.45) is 1.32.